The van der Waals surface area contributed by atoms with E-state index in [2.05, 4.69) is 5.32 Å². The van der Waals surface area contributed by atoms with Gasteiger partial charge in [0.15, 0.2) is 5.75 Å². The van der Waals surface area contributed by atoms with Crippen molar-refractivity contribution in [2.24, 2.45) is 0 Å². The first-order chi connectivity index (χ1) is 14.8. The van der Waals surface area contributed by atoms with Crippen LogP contribution in [0.15, 0.2) is 30.3 Å². The van der Waals surface area contributed by atoms with Crippen LogP contribution in [0.3, 0.4) is 0 Å². The van der Waals surface area contributed by atoms with Crippen molar-refractivity contribution in [3.05, 3.63) is 52.8 Å². The standard InChI is InChI=1S/C21H14F4N4O2/c22-14-8-17-19(13(10-27)12(14)9-26)29-7-3-5-15(28-20(30)21(23,24)25)18(29)11-4-1-2-6-16(11)31-17/h1-2,4,6,8,15,18H,3,5,7H2,(H,28,30). The molecule has 10 heteroatoms. The fourth-order valence-corrected chi connectivity index (χ4v) is 4.17. The fraction of sp³-hybridized carbons (Fsp3) is 0.286. The number of alkyl halides is 3. The van der Waals surface area contributed by atoms with Crippen LogP contribution in [0.4, 0.5) is 23.2 Å². The summed E-state index contributed by atoms with van der Waals surface area (Å²) < 4.78 is 59.1. The molecule has 0 aliphatic carbocycles. The third kappa shape index (κ3) is 3.40. The molecular formula is C21H14F4N4O2. The number of nitrogens with zero attached hydrogens (tertiary/aromatic N) is 3. The van der Waals surface area contributed by atoms with Gasteiger partial charge in [-0.25, -0.2) is 4.39 Å². The van der Waals surface area contributed by atoms with Gasteiger partial charge in [-0.3, -0.25) is 4.79 Å². The molecule has 2 aromatic carbocycles. The zero-order valence-corrected chi connectivity index (χ0v) is 15.8. The third-order valence-corrected chi connectivity index (χ3v) is 5.39. The van der Waals surface area contributed by atoms with Crippen LogP contribution in [0.5, 0.6) is 11.5 Å². The Morgan fingerprint density at radius 1 is 1.16 bits per heavy atom. The lowest BCUT2D eigenvalue weighted by Crippen LogP contribution is -2.53. The van der Waals surface area contributed by atoms with Gasteiger partial charge in [-0.15, -0.1) is 0 Å². The van der Waals surface area contributed by atoms with Crippen molar-refractivity contribution in [3.63, 3.8) is 0 Å². The van der Waals surface area contributed by atoms with Crippen molar-refractivity contribution in [2.45, 2.75) is 31.1 Å². The van der Waals surface area contributed by atoms with Crippen molar-refractivity contribution in [2.75, 3.05) is 11.4 Å². The second-order valence-electron chi connectivity index (χ2n) is 7.18. The number of fused-ring (bicyclic) bond motifs is 5. The van der Waals surface area contributed by atoms with Gasteiger partial charge in [0.25, 0.3) is 0 Å². The Labute approximate surface area is 174 Å². The minimum atomic E-state index is -5.06. The molecule has 0 saturated carbocycles. The lowest BCUT2D eigenvalue weighted by Gasteiger charge is -2.42. The molecule has 1 N–H and O–H groups in total. The summed E-state index contributed by atoms with van der Waals surface area (Å²) in [7, 11) is 0. The predicted octanol–water partition coefficient (Wildman–Crippen LogP) is 4.06. The van der Waals surface area contributed by atoms with E-state index in [1.807, 2.05) is 6.07 Å². The number of piperidine rings is 1. The van der Waals surface area contributed by atoms with E-state index in [4.69, 9.17) is 4.74 Å². The van der Waals surface area contributed by atoms with E-state index < -0.39 is 35.5 Å². The van der Waals surface area contributed by atoms with Crippen molar-refractivity contribution >= 4 is 11.6 Å². The molecule has 1 fully saturated rings. The normalized spacial score (nSPS) is 19.5. The minimum Gasteiger partial charge on any atom is -0.455 e. The van der Waals surface area contributed by atoms with E-state index in [9.17, 15) is 32.9 Å². The summed E-state index contributed by atoms with van der Waals surface area (Å²) >= 11 is 0. The van der Waals surface area contributed by atoms with E-state index >= 15 is 0 Å². The molecule has 4 rings (SSSR count). The number of carbonyl (C=O) groups excluding carboxylic acids is 1. The molecule has 2 aliphatic rings. The van der Waals surface area contributed by atoms with Crippen LogP contribution in [0, 0.1) is 28.5 Å². The van der Waals surface area contributed by atoms with E-state index in [0.29, 0.717) is 18.5 Å². The first kappa shape index (κ1) is 20.5. The second kappa shape index (κ2) is 7.47. The number of hydrogen-bond acceptors (Lipinski definition) is 5. The summed E-state index contributed by atoms with van der Waals surface area (Å²) in [5.41, 5.74) is -0.143. The first-order valence-corrected chi connectivity index (χ1v) is 9.34. The minimum absolute atomic E-state index is 0.0224. The number of carbonyl (C=O) groups is 1. The number of benzene rings is 2. The van der Waals surface area contributed by atoms with Gasteiger partial charge < -0.3 is 15.0 Å². The topological polar surface area (TPSA) is 89.2 Å². The van der Waals surface area contributed by atoms with Gasteiger partial charge in [0.2, 0.25) is 0 Å². The van der Waals surface area contributed by atoms with E-state index in [1.165, 1.54) is 0 Å². The smallest absolute Gasteiger partial charge is 0.455 e. The molecule has 2 heterocycles. The Morgan fingerprint density at radius 2 is 1.87 bits per heavy atom. The van der Waals surface area contributed by atoms with Crippen LogP contribution < -0.4 is 15.0 Å². The average Bonchev–Trinajstić information content (AvgIpc) is 2.86. The quantitative estimate of drug-likeness (QED) is 0.690. The Kier molecular flexibility index (Phi) is 4.94. The number of rotatable bonds is 1. The SMILES string of the molecule is N#Cc1c(F)cc2c(c1C#N)N1CCCC(NC(=O)C(F)(F)F)C1c1ccccc1O2. The fourth-order valence-electron chi connectivity index (χ4n) is 4.17. The average molecular weight is 430 g/mol. The summed E-state index contributed by atoms with van der Waals surface area (Å²) in [4.78, 5) is 13.3. The number of nitrogens with one attached hydrogen (secondary N) is 1. The highest BCUT2D eigenvalue weighted by molar-refractivity contribution is 5.82. The predicted molar refractivity (Wildman–Crippen MR) is 99.7 cm³/mol. The van der Waals surface area contributed by atoms with E-state index in [0.717, 1.165) is 6.07 Å². The molecule has 2 unspecified atom stereocenters. The molecule has 0 bridgehead atoms. The van der Waals surface area contributed by atoms with Gasteiger partial charge in [0, 0.05) is 18.2 Å². The first-order valence-electron chi connectivity index (χ1n) is 9.34. The summed E-state index contributed by atoms with van der Waals surface area (Å²) in [6.45, 7) is 0.304. The van der Waals surface area contributed by atoms with Crippen molar-refractivity contribution in [1.82, 2.24) is 5.32 Å². The van der Waals surface area contributed by atoms with Crippen LogP contribution >= 0.6 is 0 Å². The van der Waals surface area contributed by atoms with Gasteiger partial charge in [0.1, 0.15) is 35.0 Å². The number of hydrogen-bond donors (Lipinski definition) is 1. The number of halogens is 4. The molecule has 0 aromatic heterocycles. The zero-order valence-electron chi connectivity index (χ0n) is 15.8. The molecule has 6 nitrogen and oxygen atoms in total. The number of ether oxygens (including phenoxy) is 1. The van der Waals surface area contributed by atoms with E-state index in [-0.39, 0.29) is 29.2 Å². The molecule has 1 amide bonds. The van der Waals surface area contributed by atoms with Gasteiger partial charge in [-0.1, -0.05) is 18.2 Å². The number of para-hydroxylation sites is 1. The highest BCUT2D eigenvalue weighted by Crippen LogP contribution is 2.50. The van der Waals surface area contributed by atoms with Gasteiger partial charge in [-0.2, -0.15) is 23.7 Å². The van der Waals surface area contributed by atoms with Crippen LogP contribution in [0.2, 0.25) is 0 Å². The van der Waals surface area contributed by atoms with Gasteiger partial charge in [-0.05, 0) is 18.9 Å². The maximum Gasteiger partial charge on any atom is 0.471 e. The Bertz CT molecular complexity index is 1150. The zero-order chi connectivity index (χ0) is 22.3. The summed E-state index contributed by atoms with van der Waals surface area (Å²) in [5, 5.41) is 21.1. The summed E-state index contributed by atoms with van der Waals surface area (Å²) in [6, 6.07) is 9.24. The van der Waals surface area contributed by atoms with Crippen LogP contribution in [-0.2, 0) is 4.79 Å². The van der Waals surface area contributed by atoms with Crippen LogP contribution in [0.1, 0.15) is 35.6 Å². The Morgan fingerprint density at radius 3 is 2.55 bits per heavy atom. The molecule has 0 spiro atoms. The molecule has 2 aromatic rings. The van der Waals surface area contributed by atoms with Gasteiger partial charge >= 0.3 is 12.1 Å². The third-order valence-electron chi connectivity index (χ3n) is 5.39. The Hall–Kier alpha value is -3.79. The maximum atomic E-state index is 14.5. The maximum absolute atomic E-state index is 14.5. The molecular weight excluding hydrogens is 416 g/mol. The summed E-state index contributed by atoms with van der Waals surface area (Å²) in [6.07, 6.45) is -4.41. The Balaban J connectivity index is 1.93. The number of anilines is 1. The second-order valence-corrected chi connectivity index (χ2v) is 7.18. The molecule has 1 saturated heterocycles. The number of nitriles is 2. The lowest BCUT2D eigenvalue weighted by molar-refractivity contribution is -0.174. The van der Waals surface area contributed by atoms with Crippen LogP contribution in [0.25, 0.3) is 0 Å². The molecule has 0 radical (unpaired) electrons. The monoisotopic (exact) mass is 430 g/mol. The van der Waals surface area contributed by atoms with Crippen molar-refractivity contribution < 1.29 is 27.1 Å². The van der Waals surface area contributed by atoms with Crippen LogP contribution in [-0.4, -0.2) is 24.7 Å². The van der Waals surface area contributed by atoms with E-state index in [1.54, 1.807) is 35.2 Å². The molecule has 2 atom stereocenters. The van der Waals surface area contributed by atoms with Crippen molar-refractivity contribution in [1.29, 1.82) is 10.5 Å². The lowest BCUT2D eigenvalue weighted by atomic mass is 9.88. The van der Waals surface area contributed by atoms with Crippen molar-refractivity contribution in [3.8, 4) is 23.6 Å². The molecule has 158 valence electrons. The number of amides is 1. The summed E-state index contributed by atoms with van der Waals surface area (Å²) in [5.74, 6) is -2.77. The highest BCUT2D eigenvalue weighted by atomic mass is 19.4. The largest absolute Gasteiger partial charge is 0.471 e. The highest BCUT2D eigenvalue weighted by Gasteiger charge is 2.45. The molecule has 31 heavy (non-hydrogen) atoms. The van der Waals surface area contributed by atoms with Gasteiger partial charge in [0.05, 0.1) is 17.6 Å². The molecule has 2 aliphatic heterocycles.